The van der Waals surface area contributed by atoms with Crippen LogP contribution in [0.4, 0.5) is 26.3 Å². The largest absolute Gasteiger partial charge is 0.493 e. The number of alkyl halides is 7. The van der Waals surface area contributed by atoms with Crippen molar-refractivity contribution in [1.82, 2.24) is 14.7 Å². The van der Waals surface area contributed by atoms with Crippen molar-refractivity contribution >= 4 is 57.2 Å². The lowest BCUT2D eigenvalue weighted by Crippen LogP contribution is -2.71. The molecule has 318 valence electrons. The second-order valence-electron chi connectivity index (χ2n) is 14.7. The molecule has 4 atom stereocenters. The predicted molar refractivity (Wildman–Crippen MR) is 223 cm³/mol. The molecule has 4 unspecified atom stereocenters. The topological polar surface area (TPSA) is 70.0 Å². The number of likely N-dealkylation sites (tertiary alicyclic amines) is 1. The molecule has 4 aromatic rings. The lowest BCUT2D eigenvalue weighted by molar-refractivity contribution is -0.138. The van der Waals surface area contributed by atoms with Gasteiger partial charge in [-0.3, -0.25) is 14.8 Å². The molecule has 0 aromatic heterocycles. The summed E-state index contributed by atoms with van der Waals surface area (Å²) in [6.07, 6.45) is -8.16. The molecule has 3 heterocycles. The van der Waals surface area contributed by atoms with E-state index in [4.69, 9.17) is 42.7 Å². The van der Waals surface area contributed by atoms with Gasteiger partial charge in [0, 0.05) is 41.6 Å². The zero-order valence-corrected chi connectivity index (χ0v) is 35.5. The molecule has 3 aliphatic heterocycles. The van der Waals surface area contributed by atoms with Crippen molar-refractivity contribution < 1.29 is 40.6 Å². The summed E-state index contributed by atoms with van der Waals surface area (Å²) in [7, 11) is 0. The Morgan fingerprint density at radius 2 is 1.22 bits per heavy atom. The van der Waals surface area contributed by atoms with E-state index in [1.165, 1.54) is 12.1 Å². The van der Waals surface area contributed by atoms with E-state index in [0.29, 0.717) is 45.8 Å². The average Bonchev–Trinajstić information content (AvgIpc) is 3.87. The van der Waals surface area contributed by atoms with Crippen molar-refractivity contribution in [2.75, 3.05) is 44.7 Å². The summed E-state index contributed by atoms with van der Waals surface area (Å²) in [5, 5.41) is 1.31. The Labute approximate surface area is 361 Å². The van der Waals surface area contributed by atoms with E-state index in [1.807, 2.05) is 29.2 Å². The summed E-state index contributed by atoms with van der Waals surface area (Å²) in [4.78, 5) is 28.8. The quantitative estimate of drug-likeness (QED) is 0.0804. The number of ether oxygens (including phenoxy) is 2. The summed E-state index contributed by atoms with van der Waals surface area (Å²) in [5.74, 6) is 0.716. The highest BCUT2D eigenvalue weighted by Gasteiger charge is 2.55. The Hall–Kier alpha value is -4.47. The number of nitrogens with zero attached hydrogens (tertiary/aromatic N) is 5. The number of hydrogen-bond donors (Lipinski definition) is 0. The molecule has 1 amide bonds. The summed E-state index contributed by atoms with van der Waals surface area (Å²) in [5.41, 5.74) is -0.449. The average molecular weight is 940 g/mol. The summed E-state index contributed by atoms with van der Waals surface area (Å²) in [6, 6.07) is 19.4. The van der Waals surface area contributed by atoms with Crippen molar-refractivity contribution in [3.8, 4) is 11.5 Å². The first-order chi connectivity index (χ1) is 28.6. The molecule has 0 N–H and O–H groups in total. The van der Waals surface area contributed by atoms with Crippen molar-refractivity contribution in [2.45, 2.75) is 56.3 Å². The number of amides is 1. The maximum absolute atomic E-state index is 14.1. The van der Waals surface area contributed by atoms with Crippen molar-refractivity contribution in [2.24, 2.45) is 9.98 Å². The van der Waals surface area contributed by atoms with Crippen LogP contribution in [0.2, 0.25) is 10.0 Å². The van der Waals surface area contributed by atoms with Gasteiger partial charge in [0.25, 0.3) is 0 Å². The molecule has 0 aliphatic carbocycles. The SMILES string of the molecule is CCOc1cc(C(F)(F)F)ccc1C1=NC(c2ccc(Cl)cc2)CN1C1CN(C=O)CCC1(CBr)N1CC(c2ccc(Cl)cc2)N=C1c1ccc(C(F)(F)F)cc1OCC. The second-order valence-corrected chi connectivity index (χ2v) is 16.1. The van der Waals surface area contributed by atoms with Gasteiger partial charge < -0.3 is 24.2 Å². The molecule has 1 fully saturated rings. The molecule has 4 aromatic carbocycles. The van der Waals surface area contributed by atoms with Crippen LogP contribution in [0, 0.1) is 0 Å². The maximum Gasteiger partial charge on any atom is 0.416 e. The zero-order valence-electron chi connectivity index (χ0n) is 32.4. The van der Waals surface area contributed by atoms with Crippen LogP contribution in [-0.4, -0.2) is 89.1 Å². The van der Waals surface area contributed by atoms with Gasteiger partial charge in [-0.1, -0.05) is 63.4 Å². The number of halogens is 9. The molecular weight excluding hydrogens is 899 g/mol. The van der Waals surface area contributed by atoms with Gasteiger partial charge in [0.15, 0.2) is 0 Å². The van der Waals surface area contributed by atoms with Gasteiger partial charge in [-0.2, -0.15) is 26.3 Å². The van der Waals surface area contributed by atoms with E-state index < -0.39 is 47.1 Å². The molecular formula is C43H40BrCl2F6N5O3. The first-order valence-corrected chi connectivity index (χ1v) is 21.1. The zero-order chi connectivity index (χ0) is 43.0. The molecule has 17 heteroatoms. The lowest BCUT2D eigenvalue weighted by Gasteiger charge is -2.55. The highest BCUT2D eigenvalue weighted by Crippen LogP contribution is 2.46. The second kappa shape index (κ2) is 17.5. The van der Waals surface area contributed by atoms with Crippen molar-refractivity contribution in [3.05, 3.63) is 128 Å². The molecule has 3 aliphatic rings. The van der Waals surface area contributed by atoms with Gasteiger partial charge in [-0.15, -0.1) is 0 Å². The third-order valence-corrected chi connectivity index (χ3v) is 12.6. The van der Waals surface area contributed by atoms with Gasteiger partial charge in [0.2, 0.25) is 6.41 Å². The van der Waals surface area contributed by atoms with Crippen molar-refractivity contribution in [3.63, 3.8) is 0 Å². The number of aliphatic imine (C=N–C) groups is 2. The van der Waals surface area contributed by atoms with Gasteiger partial charge in [-0.25, -0.2) is 0 Å². The van der Waals surface area contributed by atoms with E-state index in [-0.39, 0.29) is 49.7 Å². The molecule has 0 bridgehead atoms. The smallest absolute Gasteiger partial charge is 0.416 e. The Balaban J connectivity index is 1.42. The number of piperidine rings is 1. The summed E-state index contributed by atoms with van der Waals surface area (Å²) < 4.78 is 96.2. The number of benzene rings is 4. The van der Waals surface area contributed by atoms with Gasteiger partial charge >= 0.3 is 12.4 Å². The number of hydrogen-bond acceptors (Lipinski definition) is 7. The molecule has 0 radical (unpaired) electrons. The standard InChI is InChI=1S/C43H40BrCl2F6N5O3/c1-3-59-36-19-28(42(47,48)49)9-15-32(36)39-53-34(26-5-11-30(45)12-6-26)21-56(39)38-23-55(25-58)18-17-41(38,24-44)57-22-35(27-7-13-31(46)14-8-27)54-40(57)33-16-10-29(43(50,51)52)20-37(33)60-4-2/h5-16,19-20,25,34-35,38H,3-4,17-18,21-24H2,1-2H3. The summed E-state index contributed by atoms with van der Waals surface area (Å²) >= 11 is 16.4. The lowest BCUT2D eigenvalue weighted by atomic mass is 9.80. The normalized spacial score (nSPS) is 22.2. The molecule has 0 spiro atoms. The number of amidine groups is 2. The van der Waals surface area contributed by atoms with Crippen LogP contribution in [0.5, 0.6) is 11.5 Å². The maximum atomic E-state index is 14.1. The van der Waals surface area contributed by atoms with E-state index in [1.54, 1.807) is 43.0 Å². The highest BCUT2D eigenvalue weighted by atomic mass is 79.9. The highest BCUT2D eigenvalue weighted by molar-refractivity contribution is 9.09. The first kappa shape index (κ1) is 43.6. The van der Waals surface area contributed by atoms with Crippen molar-refractivity contribution in [1.29, 1.82) is 0 Å². The first-order valence-electron chi connectivity index (χ1n) is 19.2. The third kappa shape index (κ3) is 8.67. The molecule has 1 saturated heterocycles. The van der Waals surface area contributed by atoms with Gasteiger partial charge in [-0.05, 0) is 92.1 Å². The van der Waals surface area contributed by atoms with E-state index >= 15 is 0 Å². The van der Waals surface area contributed by atoms with Crippen LogP contribution in [-0.2, 0) is 17.1 Å². The van der Waals surface area contributed by atoms with Crippen LogP contribution in [0.1, 0.15) is 65.7 Å². The van der Waals surface area contributed by atoms with E-state index in [0.717, 1.165) is 41.8 Å². The minimum absolute atomic E-state index is 0.00299. The minimum atomic E-state index is -4.64. The van der Waals surface area contributed by atoms with Crippen LogP contribution in [0.3, 0.4) is 0 Å². The van der Waals surface area contributed by atoms with Gasteiger partial charge in [0.05, 0.1) is 59.1 Å². The Morgan fingerprint density at radius 1 is 0.733 bits per heavy atom. The van der Waals surface area contributed by atoms with Crippen LogP contribution in [0.15, 0.2) is 94.9 Å². The molecule has 0 saturated carbocycles. The van der Waals surface area contributed by atoms with Crippen LogP contribution < -0.4 is 9.47 Å². The molecule has 8 nitrogen and oxygen atoms in total. The Kier molecular flexibility index (Phi) is 12.7. The van der Waals surface area contributed by atoms with E-state index in [2.05, 4.69) is 20.8 Å². The van der Waals surface area contributed by atoms with E-state index in [9.17, 15) is 31.1 Å². The van der Waals surface area contributed by atoms with Crippen LogP contribution in [0.25, 0.3) is 0 Å². The Morgan fingerprint density at radius 3 is 1.68 bits per heavy atom. The minimum Gasteiger partial charge on any atom is -0.493 e. The third-order valence-electron chi connectivity index (χ3n) is 11.2. The Bertz CT molecular complexity index is 2260. The fourth-order valence-corrected chi connectivity index (χ4v) is 9.43. The number of carbonyl (C=O) groups excluding carboxylic acids is 1. The monoisotopic (exact) mass is 937 g/mol. The van der Waals surface area contributed by atoms with Crippen LogP contribution >= 0.6 is 39.1 Å². The molecule has 7 rings (SSSR count). The number of carbonyl (C=O) groups is 1. The van der Waals surface area contributed by atoms with Gasteiger partial charge in [0.1, 0.15) is 23.2 Å². The fourth-order valence-electron chi connectivity index (χ4n) is 8.22. The summed E-state index contributed by atoms with van der Waals surface area (Å²) in [6.45, 7) is 4.52. The predicted octanol–water partition coefficient (Wildman–Crippen LogP) is 10.5. The number of rotatable bonds is 12. The molecule has 60 heavy (non-hydrogen) atoms. The fraction of sp³-hybridized carbons (Fsp3) is 0.372.